The molecule has 0 amide bonds. The van der Waals surface area contributed by atoms with E-state index in [-0.39, 0.29) is 18.9 Å². The molecule has 1 N–H and O–H groups in total. The quantitative estimate of drug-likeness (QED) is 0.341. The van der Waals surface area contributed by atoms with E-state index in [1.54, 1.807) is 6.92 Å². The summed E-state index contributed by atoms with van der Waals surface area (Å²) in [7, 11) is 0. The van der Waals surface area contributed by atoms with Crippen LogP contribution >= 0.6 is 0 Å². The number of fused-ring (bicyclic) bond motifs is 2. The Morgan fingerprint density at radius 1 is 1.76 bits per heavy atom. The van der Waals surface area contributed by atoms with Gasteiger partial charge < -0.3 is 9.94 Å². The summed E-state index contributed by atoms with van der Waals surface area (Å²) >= 11 is 0. The third-order valence-electron chi connectivity index (χ3n) is 3.73. The summed E-state index contributed by atoms with van der Waals surface area (Å²) in [6.07, 6.45) is 1.25. The molecule has 2 fully saturated rings. The highest BCUT2D eigenvalue weighted by Gasteiger charge is 2.69. The Hall–Kier alpha value is -1.66. The number of carbonyl (C=O) groups is 1. The number of ether oxygens (including phenoxy) is 1. The van der Waals surface area contributed by atoms with Crippen molar-refractivity contribution in [3.8, 4) is 0 Å². The van der Waals surface area contributed by atoms with E-state index in [0.29, 0.717) is 18.6 Å². The summed E-state index contributed by atoms with van der Waals surface area (Å²) in [4.78, 5) is 22.5. The number of carbonyl (C=O) groups excluding carboxylic acids is 1. The van der Waals surface area contributed by atoms with Gasteiger partial charge in [-0.2, -0.15) is 0 Å². The number of oxime groups is 1. The second kappa shape index (κ2) is 3.97. The summed E-state index contributed by atoms with van der Waals surface area (Å²) in [5.41, 5.74) is -1.38. The maximum absolute atomic E-state index is 11.9. The van der Waals surface area contributed by atoms with Crippen LogP contribution in [-0.2, 0) is 9.53 Å². The molecule has 2 bridgehead atoms. The van der Waals surface area contributed by atoms with E-state index in [4.69, 9.17) is 9.94 Å². The molecule has 2 aliphatic carbocycles. The van der Waals surface area contributed by atoms with Crippen LogP contribution in [0.5, 0.6) is 0 Å². The van der Waals surface area contributed by atoms with Crippen LogP contribution in [0.25, 0.3) is 0 Å². The zero-order chi connectivity index (χ0) is 12.6. The lowest BCUT2D eigenvalue weighted by Gasteiger charge is -2.27. The van der Waals surface area contributed by atoms with Crippen LogP contribution in [0.1, 0.15) is 26.2 Å². The molecule has 7 nitrogen and oxygen atoms in total. The average Bonchev–Trinajstić information content (AvgIpc) is 2.86. The molecule has 2 aliphatic rings. The Kier molecular flexibility index (Phi) is 2.76. The Morgan fingerprint density at radius 3 is 2.94 bits per heavy atom. The Morgan fingerprint density at radius 2 is 2.47 bits per heavy atom. The molecule has 0 spiro atoms. The summed E-state index contributed by atoms with van der Waals surface area (Å²) in [5.74, 6) is -1.38. The minimum atomic E-state index is -1.74. The van der Waals surface area contributed by atoms with Crippen molar-refractivity contribution in [1.29, 1.82) is 0 Å². The summed E-state index contributed by atoms with van der Waals surface area (Å²) in [5, 5.41) is 23.2. The molecule has 0 aromatic rings. The lowest BCUT2D eigenvalue weighted by molar-refractivity contribution is -0.560. The van der Waals surface area contributed by atoms with Crippen LogP contribution in [0.4, 0.5) is 0 Å². The average molecular weight is 242 g/mol. The van der Waals surface area contributed by atoms with Crippen molar-refractivity contribution < 1.29 is 19.7 Å². The fraction of sp³-hybridized carbons (Fsp3) is 0.800. The molecule has 7 heteroatoms. The van der Waals surface area contributed by atoms with Gasteiger partial charge in [0.25, 0.3) is 0 Å². The van der Waals surface area contributed by atoms with Crippen molar-refractivity contribution in [2.75, 3.05) is 6.61 Å². The molecule has 0 radical (unpaired) electrons. The van der Waals surface area contributed by atoms with Gasteiger partial charge in [0.1, 0.15) is 0 Å². The van der Waals surface area contributed by atoms with Crippen LogP contribution in [-0.4, -0.2) is 34.0 Å². The van der Waals surface area contributed by atoms with Gasteiger partial charge in [-0.15, -0.1) is 0 Å². The lowest BCUT2D eigenvalue weighted by atomic mass is 9.80. The van der Waals surface area contributed by atoms with Crippen LogP contribution in [0.2, 0.25) is 0 Å². The fourth-order valence-electron chi connectivity index (χ4n) is 3.07. The zero-order valence-corrected chi connectivity index (χ0v) is 9.46. The van der Waals surface area contributed by atoms with Crippen molar-refractivity contribution in [1.82, 2.24) is 0 Å². The highest BCUT2D eigenvalue weighted by molar-refractivity contribution is 5.97. The number of hydrogen-bond donors (Lipinski definition) is 1. The smallest absolute Gasteiger partial charge is 0.385 e. The summed E-state index contributed by atoms with van der Waals surface area (Å²) in [6, 6.07) is 0. The molecule has 3 unspecified atom stereocenters. The SMILES string of the molecule is CCOC(=O)C1([N+](=O)[O-])CC2C/C(=N\O)C1C2. The maximum Gasteiger partial charge on any atom is 0.385 e. The second-order valence-electron chi connectivity index (χ2n) is 4.56. The van der Waals surface area contributed by atoms with Crippen molar-refractivity contribution in [2.45, 2.75) is 31.7 Å². The molecule has 0 aliphatic heterocycles. The minimum Gasteiger partial charge on any atom is -0.461 e. The molecule has 0 heterocycles. The summed E-state index contributed by atoms with van der Waals surface area (Å²) < 4.78 is 4.82. The monoisotopic (exact) mass is 242 g/mol. The number of esters is 1. The molecule has 0 aromatic heterocycles. The Labute approximate surface area is 97.6 Å². The highest BCUT2D eigenvalue weighted by atomic mass is 16.6. The van der Waals surface area contributed by atoms with Crippen molar-refractivity contribution in [3.05, 3.63) is 10.1 Å². The van der Waals surface area contributed by atoms with Gasteiger partial charge in [-0.25, -0.2) is 4.79 Å². The third-order valence-corrected chi connectivity index (χ3v) is 3.73. The molecule has 2 saturated carbocycles. The van der Waals surface area contributed by atoms with Crippen LogP contribution in [0, 0.1) is 22.0 Å². The highest BCUT2D eigenvalue weighted by Crippen LogP contribution is 2.51. The van der Waals surface area contributed by atoms with Crippen molar-refractivity contribution in [2.24, 2.45) is 17.0 Å². The third kappa shape index (κ3) is 1.49. The van der Waals surface area contributed by atoms with Gasteiger partial charge in [-0.3, -0.25) is 10.1 Å². The number of hydrogen-bond acceptors (Lipinski definition) is 6. The van der Waals surface area contributed by atoms with E-state index >= 15 is 0 Å². The molecule has 0 saturated heterocycles. The second-order valence-corrected chi connectivity index (χ2v) is 4.56. The Bertz CT molecular complexity index is 394. The van der Waals surface area contributed by atoms with Crippen molar-refractivity contribution in [3.63, 3.8) is 0 Å². The number of nitrogens with zero attached hydrogens (tertiary/aromatic N) is 2. The largest absolute Gasteiger partial charge is 0.461 e. The van der Waals surface area contributed by atoms with Gasteiger partial charge in [0.15, 0.2) is 0 Å². The molecular weight excluding hydrogens is 228 g/mol. The van der Waals surface area contributed by atoms with E-state index in [2.05, 4.69) is 5.16 Å². The standard InChI is InChI=1S/C10H14N2O5/c1-2-17-9(13)10(12(15)16)5-6-3-7(10)8(4-6)11-14/h6-7,14H,2-5H2,1H3/b11-8+. The molecule has 17 heavy (non-hydrogen) atoms. The fourth-order valence-corrected chi connectivity index (χ4v) is 3.07. The van der Waals surface area contributed by atoms with E-state index in [1.807, 2.05) is 0 Å². The van der Waals surface area contributed by atoms with Crippen molar-refractivity contribution >= 4 is 11.7 Å². The van der Waals surface area contributed by atoms with E-state index in [9.17, 15) is 14.9 Å². The van der Waals surface area contributed by atoms with Gasteiger partial charge >= 0.3 is 11.5 Å². The van der Waals surface area contributed by atoms with Gasteiger partial charge in [0, 0.05) is 11.3 Å². The van der Waals surface area contributed by atoms with Crippen LogP contribution in [0.3, 0.4) is 0 Å². The van der Waals surface area contributed by atoms with Crippen LogP contribution in [0.15, 0.2) is 5.16 Å². The zero-order valence-electron chi connectivity index (χ0n) is 9.46. The first-order chi connectivity index (χ1) is 8.06. The number of nitro groups is 1. The van der Waals surface area contributed by atoms with E-state index in [0.717, 1.165) is 0 Å². The molecule has 94 valence electrons. The minimum absolute atomic E-state index is 0.0423. The summed E-state index contributed by atoms with van der Waals surface area (Å²) in [6.45, 7) is 1.72. The molecule has 0 aromatic carbocycles. The van der Waals surface area contributed by atoms with Gasteiger partial charge in [0.2, 0.25) is 0 Å². The predicted octanol–water partition coefficient (Wildman–Crippen LogP) is 0.825. The topological polar surface area (TPSA) is 102 Å². The first-order valence-corrected chi connectivity index (χ1v) is 5.58. The molecule has 2 rings (SSSR count). The van der Waals surface area contributed by atoms with E-state index in [1.165, 1.54) is 0 Å². The lowest BCUT2D eigenvalue weighted by Crippen LogP contribution is -2.54. The van der Waals surface area contributed by atoms with Gasteiger partial charge in [-0.05, 0) is 25.7 Å². The predicted molar refractivity (Wildman–Crippen MR) is 56.4 cm³/mol. The van der Waals surface area contributed by atoms with E-state index < -0.39 is 22.3 Å². The Balaban J connectivity index is 2.37. The molecular formula is C10H14N2O5. The van der Waals surface area contributed by atoms with Crippen LogP contribution < -0.4 is 0 Å². The maximum atomic E-state index is 11.9. The van der Waals surface area contributed by atoms with Gasteiger partial charge in [-0.1, -0.05) is 5.16 Å². The normalized spacial score (nSPS) is 37.4. The first kappa shape index (κ1) is 11.8. The number of rotatable bonds is 3. The van der Waals surface area contributed by atoms with Gasteiger partial charge in [0.05, 0.1) is 18.2 Å². The first-order valence-electron chi connectivity index (χ1n) is 5.58. The molecule has 3 atom stereocenters.